The van der Waals surface area contributed by atoms with Crippen molar-refractivity contribution in [2.24, 2.45) is 0 Å². The third-order valence-electron chi connectivity index (χ3n) is 2.51. The topological polar surface area (TPSA) is 58.6 Å². The molecule has 0 aliphatic carbocycles. The van der Waals surface area contributed by atoms with Gasteiger partial charge in [0.1, 0.15) is 16.3 Å². The fourth-order valence-electron chi connectivity index (χ4n) is 1.49. The third-order valence-corrected chi connectivity index (χ3v) is 2.81. The molecule has 1 aromatic carbocycles. The van der Waals surface area contributed by atoms with Gasteiger partial charge in [-0.25, -0.2) is 13.6 Å². The second kappa shape index (κ2) is 7.68. The molecule has 0 bridgehead atoms. The lowest BCUT2D eigenvalue weighted by Gasteiger charge is -2.12. The van der Waals surface area contributed by atoms with E-state index < -0.39 is 17.6 Å². The van der Waals surface area contributed by atoms with Gasteiger partial charge in [-0.15, -0.1) is 0 Å². The molecule has 0 saturated carbocycles. The molecule has 0 fully saturated rings. The molecule has 0 unspecified atom stereocenters. The minimum Gasteiger partial charge on any atom is -0.511 e. The smallest absolute Gasteiger partial charge is 0.344 e. The van der Waals surface area contributed by atoms with E-state index in [4.69, 9.17) is 17.0 Å². The van der Waals surface area contributed by atoms with Crippen LogP contribution in [0.25, 0.3) is 0 Å². The molecule has 0 aliphatic rings. The first kappa shape index (κ1) is 17.0. The van der Waals surface area contributed by atoms with Crippen LogP contribution < -0.4 is 5.32 Å². The van der Waals surface area contributed by atoms with Crippen LogP contribution in [0, 0.1) is 11.6 Å². The van der Waals surface area contributed by atoms with E-state index in [0.717, 1.165) is 12.1 Å². The minimum atomic E-state index is -1.05. The zero-order valence-corrected chi connectivity index (χ0v) is 12.4. The molecule has 4 nitrogen and oxygen atoms in total. The predicted octanol–water partition coefficient (Wildman–Crippen LogP) is 3.49. The standard InChI is InChI=1S/C14H15F2NO3S/c1-3-11(18)12(14(19)20-4-2)13(21)17-8-5-6-9(15)10(16)7-8/h5-7,18H,3-4H2,1-2H3,(H,17,21)/b12-11-. The number of aliphatic hydroxyl groups excluding tert-OH is 1. The molecule has 0 saturated heterocycles. The average molecular weight is 315 g/mol. The number of hydrogen-bond acceptors (Lipinski definition) is 4. The maximum Gasteiger partial charge on any atom is 0.344 e. The summed E-state index contributed by atoms with van der Waals surface area (Å²) in [6.45, 7) is 3.37. The average Bonchev–Trinajstić information content (AvgIpc) is 2.43. The highest BCUT2D eigenvalue weighted by atomic mass is 32.1. The number of ether oxygens (including phenoxy) is 1. The highest BCUT2D eigenvalue weighted by Crippen LogP contribution is 2.17. The van der Waals surface area contributed by atoms with Crippen molar-refractivity contribution in [1.29, 1.82) is 0 Å². The van der Waals surface area contributed by atoms with Gasteiger partial charge in [0.05, 0.1) is 6.61 Å². The van der Waals surface area contributed by atoms with Crippen LogP contribution in [-0.4, -0.2) is 22.7 Å². The van der Waals surface area contributed by atoms with E-state index in [1.165, 1.54) is 6.07 Å². The molecule has 1 rings (SSSR count). The zero-order chi connectivity index (χ0) is 16.0. The van der Waals surface area contributed by atoms with Crippen molar-refractivity contribution in [3.05, 3.63) is 41.2 Å². The van der Waals surface area contributed by atoms with E-state index in [9.17, 15) is 18.7 Å². The number of anilines is 1. The Morgan fingerprint density at radius 3 is 2.52 bits per heavy atom. The number of hydrogen-bond donors (Lipinski definition) is 2. The molecule has 21 heavy (non-hydrogen) atoms. The summed E-state index contributed by atoms with van der Waals surface area (Å²) in [6.07, 6.45) is 0.174. The summed E-state index contributed by atoms with van der Waals surface area (Å²) in [6, 6.07) is 3.08. The van der Waals surface area contributed by atoms with Gasteiger partial charge in [0.25, 0.3) is 0 Å². The number of carbonyl (C=O) groups excluding carboxylic acids is 1. The number of benzene rings is 1. The van der Waals surface area contributed by atoms with E-state index in [0.29, 0.717) is 0 Å². The number of esters is 1. The van der Waals surface area contributed by atoms with Gasteiger partial charge in [-0.05, 0) is 19.1 Å². The zero-order valence-electron chi connectivity index (χ0n) is 11.6. The fraction of sp³-hybridized carbons (Fsp3) is 0.286. The van der Waals surface area contributed by atoms with E-state index in [1.807, 2.05) is 0 Å². The molecule has 114 valence electrons. The van der Waals surface area contributed by atoms with Crippen LogP contribution in [0.4, 0.5) is 14.5 Å². The SMILES string of the molecule is CCOC(=O)/C(C(=S)Nc1ccc(F)c(F)c1)=C(\O)CC. The molecule has 0 radical (unpaired) electrons. The van der Waals surface area contributed by atoms with Gasteiger partial charge in [-0.2, -0.15) is 0 Å². The minimum absolute atomic E-state index is 0.118. The number of rotatable bonds is 5. The Morgan fingerprint density at radius 1 is 1.33 bits per heavy atom. The Balaban J connectivity index is 3.02. The number of allylic oxidation sites excluding steroid dienone is 1. The molecule has 2 N–H and O–H groups in total. The summed E-state index contributed by atoms with van der Waals surface area (Å²) in [5.74, 6) is -3.07. The molecule has 0 spiro atoms. The molecule has 0 atom stereocenters. The number of nitrogens with one attached hydrogen (secondary N) is 1. The van der Waals surface area contributed by atoms with Crippen LogP contribution in [0.1, 0.15) is 20.3 Å². The number of halogens is 2. The van der Waals surface area contributed by atoms with Gasteiger partial charge in [0.15, 0.2) is 11.6 Å². The van der Waals surface area contributed by atoms with Crippen molar-refractivity contribution in [2.75, 3.05) is 11.9 Å². The lowest BCUT2D eigenvalue weighted by molar-refractivity contribution is -0.138. The molecule has 0 aromatic heterocycles. The highest BCUT2D eigenvalue weighted by molar-refractivity contribution is 7.81. The summed E-state index contributed by atoms with van der Waals surface area (Å²) in [7, 11) is 0. The monoisotopic (exact) mass is 315 g/mol. The van der Waals surface area contributed by atoms with Crippen molar-refractivity contribution in [2.45, 2.75) is 20.3 Å². The summed E-state index contributed by atoms with van der Waals surface area (Å²) in [4.78, 5) is 11.7. The van der Waals surface area contributed by atoms with Gasteiger partial charge in [-0.1, -0.05) is 19.1 Å². The number of aliphatic hydroxyl groups is 1. The van der Waals surface area contributed by atoms with E-state index in [-0.39, 0.29) is 35.0 Å². The molecule has 0 heterocycles. The van der Waals surface area contributed by atoms with E-state index in [1.54, 1.807) is 13.8 Å². The van der Waals surface area contributed by atoms with Crippen LogP contribution in [0.15, 0.2) is 29.5 Å². The Bertz CT molecular complexity index is 588. The van der Waals surface area contributed by atoms with Crippen molar-refractivity contribution >= 4 is 28.9 Å². The molecule has 1 aromatic rings. The van der Waals surface area contributed by atoms with Crippen molar-refractivity contribution < 1.29 is 23.4 Å². The quantitative estimate of drug-likeness (QED) is 0.377. The van der Waals surface area contributed by atoms with E-state index in [2.05, 4.69) is 5.32 Å². The van der Waals surface area contributed by atoms with Crippen molar-refractivity contribution in [3.63, 3.8) is 0 Å². The van der Waals surface area contributed by atoms with Crippen LogP contribution in [0.2, 0.25) is 0 Å². The molecule has 0 amide bonds. The number of thiocarbonyl (C=S) groups is 1. The Kier molecular flexibility index (Phi) is 6.23. The van der Waals surface area contributed by atoms with Crippen molar-refractivity contribution in [1.82, 2.24) is 0 Å². The van der Waals surface area contributed by atoms with Crippen LogP contribution in [0.5, 0.6) is 0 Å². The van der Waals surface area contributed by atoms with Gasteiger partial charge in [0, 0.05) is 18.2 Å². The van der Waals surface area contributed by atoms with Gasteiger partial charge < -0.3 is 15.2 Å². The fourth-order valence-corrected chi connectivity index (χ4v) is 1.81. The second-order valence-electron chi connectivity index (χ2n) is 3.98. The summed E-state index contributed by atoms with van der Waals surface area (Å²) >= 11 is 5.02. The third kappa shape index (κ3) is 4.49. The molecule has 7 heteroatoms. The lowest BCUT2D eigenvalue weighted by atomic mass is 10.2. The summed E-state index contributed by atoms with van der Waals surface area (Å²) in [5, 5.41) is 12.3. The molecule has 0 aliphatic heterocycles. The first-order valence-corrected chi connectivity index (χ1v) is 6.67. The van der Waals surface area contributed by atoms with Crippen LogP contribution >= 0.6 is 12.2 Å². The Labute approximate surface area is 126 Å². The van der Waals surface area contributed by atoms with Crippen molar-refractivity contribution in [3.8, 4) is 0 Å². The number of carbonyl (C=O) groups is 1. The second-order valence-corrected chi connectivity index (χ2v) is 4.39. The van der Waals surface area contributed by atoms with Gasteiger partial charge >= 0.3 is 5.97 Å². The van der Waals surface area contributed by atoms with Crippen LogP contribution in [-0.2, 0) is 9.53 Å². The highest BCUT2D eigenvalue weighted by Gasteiger charge is 2.21. The maximum absolute atomic E-state index is 13.1. The summed E-state index contributed by atoms with van der Waals surface area (Å²) in [5.41, 5.74) is -0.0383. The lowest BCUT2D eigenvalue weighted by Crippen LogP contribution is -2.22. The van der Waals surface area contributed by atoms with E-state index >= 15 is 0 Å². The first-order chi connectivity index (χ1) is 9.90. The Morgan fingerprint density at radius 2 is 2.00 bits per heavy atom. The summed E-state index contributed by atoms with van der Waals surface area (Å²) < 4.78 is 30.8. The Hall–Kier alpha value is -2.02. The predicted molar refractivity (Wildman–Crippen MR) is 79.2 cm³/mol. The van der Waals surface area contributed by atoms with Gasteiger partial charge in [-0.3, -0.25) is 0 Å². The van der Waals surface area contributed by atoms with Gasteiger partial charge in [0.2, 0.25) is 0 Å². The molecular formula is C14H15F2NO3S. The largest absolute Gasteiger partial charge is 0.511 e. The normalized spacial score (nSPS) is 11.6. The van der Waals surface area contributed by atoms with Crippen LogP contribution in [0.3, 0.4) is 0 Å². The molecular weight excluding hydrogens is 300 g/mol. The maximum atomic E-state index is 13.1. The first-order valence-electron chi connectivity index (χ1n) is 6.26.